The van der Waals surface area contributed by atoms with Crippen molar-refractivity contribution in [1.82, 2.24) is 19.8 Å². The van der Waals surface area contributed by atoms with Crippen LogP contribution in [0.1, 0.15) is 29.5 Å². The second-order valence-corrected chi connectivity index (χ2v) is 9.14. The van der Waals surface area contributed by atoms with Crippen LogP contribution in [-0.4, -0.2) is 39.5 Å². The van der Waals surface area contributed by atoms with Gasteiger partial charge in [-0.2, -0.15) is 0 Å². The summed E-state index contributed by atoms with van der Waals surface area (Å²) in [4.78, 5) is 32.6. The van der Waals surface area contributed by atoms with Crippen molar-refractivity contribution in [2.24, 2.45) is 0 Å². The molecule has 1 radical (unpaired) electrons. The molecule has 0 spiro atoms. The molecular weight excluding hydrogens is 525 g/mol. The van der Waals surface area contributed by atoms with E-state index < -0.39 is 0 Å². The number of piperidine rings is 1. The number of hydrogen-bond donors (Lipinski definition) is 1. The zero-order chi connectivity index (χ0) is 24.0. The van der Waals surface area contributed by atoms with Gasteiger partial charge in [-0.15, -0.1) is 0 Å². The van der Waals surface area contributed by atoms with Gasteiger partial charge in [0.2, 0.25) is 5.91 Å². The fraction of sp³-hybridized carbons (Fsp3) is 0.241. The molecule has 0 aliphatic carbocycles. The molecule has 1 aromatic heterocycles. The number of nitrogens with zero attached hydrogens (tertiary/aromatic N) is 3. The maximum Gasteiger partial charge on any atom is 0.205 e. The third-order valence-electron chi connectivity index (χ3n) is 6.54. The average molecular weight is 554 g/mol. The van der Waals surface area contributed by atoms with Crippen molar-refractivity contribution < 1.29 is 37.5 Å². The minimum absolute atomic E-state index is 0. The maximum absolute atomic E-state index is 13.1. The van der Waals surface area contributed by atoms with E-state index in [1.54, 1.807) is 0 Å². The molecule has 5 rings (SSSR count). The number of aromatic nitrogens is 2. The first-order valence-electron chi connectivity index (χ1n) is 12.1. The fourth-order valence-corrected chi connectivity index (χ4v) is 4.66. The summed E-state index contributed by atoms with van der Waals surface area (Å²) in [5.41, 5.74) is 3.91. The molecule has 1 amide bonds. The minimum Gasteiger partial charge on any atom is -0.429 e. The predicted molar refractivity (Wildman–Crippen MR) is 138 cm³/mol. The van der Waals surface area contributed by atoms with Gasteiger partial charge in [-0.3, -0.25) is 9.69 Å². The van der Waals surface area contributed by atoms with Gasteiger partial charge >= 0.3 is 0 Å². The Bertz CT molecular complexity index is 1350. The van der Waals surface area contributed by atoms with Crippen molar-refractivity contribution in [2.45, 2.75) is 31.8 Å². The van der Waals surface area contributed by atoms with Crippen LogP contribution >= 0.6 is 0 Å². The van der Waals surface area contributed by atoms with Gasteiger partial charge in [-0.05, 0) is 54.9 Å². The molecule has 1 saturated heterocycles. The Labute approximate surface area is 236 Å². The summed E-state index contributed by atoms with van der Waals surface area (Å²) in [6, 6.07) is 26.4. The number of amides is 1. The van der Waals surface area contributed by atoms with E-state index in [1.807, 2.05) is 42.5 Å². The van der Waals surface area contributed by atoms with Crippen molar-refractivity contribution in [3.05, 3.63) is 119 Å². The minimum atomic E-state index is -0.268. The van der Waals surface area contributed by atoms with Gasteiger partial charge < -0.3 is 19.7 Å². The number of fused-ring (bicyclic) bond motifs is 1. The number of carbonyl (C=O) groups excluding carboxylic acids is 1. The van der Waals surface area contributed by atoms with Crippen molar-refractivity contribution in [2.75, 3.05) is 13.1 Å². The molecule has 1 aliphatic rings. The monoisotopic (exact) mass is 554 g/mol. The Morgan fingerprint density at radius 3 is 2.28 bits per heavy atom. The fourth-order valence-electron chi connectivity index (χ4n) is 4.66. The molecule has 36 heavy (non-hydrogen) atoms. The number of rotatable bonds is 7. The first-order valence-corrected chi connectivity index (χ1v) is 12.1. The molecule has 0 saturated carbocycles. The summed E-state index contributed by atoms with van der Waals surface area (Å²) < 4.78 is 1.29. The number of likely N-dealkylation sites (tertiary alicyclic amines) is 1. The quantitative estimate of drug-likeness (QED) is 0.354. The predicted octanol–water partition coefficient (Wildman–Crippen LogP) is 3.78. The van der Waals surface area contributed by atoms with E-state index in [4.69, 9.17) is 0 Å². The zero-order valence-corrected chi connectivity index (χ0v) is 23.1. The van der Waals surface area contributed by atoms with Gasteiger partial charge in [0, 0.05) is 63.8 Å². The summed E-state index contributed by atoms with van der Waals surface area (Å²) in [5.74, 6) is -0.268. The molecule has 0 bridgehead atoms. The van der Waals surface area contributed by atoms with Gasteiger partial charge in [0.15, 0.2) is 5.56 Å². The van der Waals surface area contributed by atoms with Crippen molar-refractivity contribution >= 4 is 16.8 Å². The normalized spacial score (nSPS) is 14.2. The Kier molecular flexibility index (Phi) is 9.08. The van der Waals surface area contributed by atoms with Crippen LogP contribution in [-0.2, 0) is 50.5 Å². The van der Waals surface area contributed by atoms with Crippen molar-refractivity contribution in [3.63, 3.8) is 0 Å². The van der Waals surface area contributed by atoms with Crippen molar-refractivity contribution in [1.29, 1.82) is 0 Å². The summed E-state index contributed by atoms with van der Waals surface area (Å²) >= 11 is 0. The Hall–Kier alpha value is -2.80. The van der Waals surface area contributed by atoms with E-state index in [2.05, 4.69) is 51.6 Å². The molecule has 6 nitrogen and oxygen atoms in total. The first kappa shape index (κ1) is 26.3. The molecular formula is C29H29N4O2Y-. The molecule has 1 fully saturated rings. The Morgan fingerprint density at radius 2 is 1.58 bits per heavy atom. The largest absolute Gasteiger partial charge is 0.429 e. The zero-order valence-electron chi connectivity index (χ0n) is 20.2. The van der Waals surface area contributed by atoms with Gasteiger partial charge in [-0.1, -0.05) is 72.8 Å². The SMILES string of the molecule is O=C([CH-]n1cnc2ccc(Cc3ccccc3)cc2c1=O)NC1CCN(Cc2ccccc2)CC1.[Y]. The van der Waals surface area contributed by atoms with Gasteiger partial charge in [0.1, 0.15) is 0 Å². The van der Waals surface area contributed by atoms with Crippen LogP contribution in [0.3, 0.4) is 0 Å². The molecule has 0 atom stereocenters. The molecule has 0 unspecified atom stereocenters. The van der Waals surface area contributed by atoms with Crippen LogP contribution in [0.15, 0.2) is 90.0 Å². The van der Waals surface area contributed by atoms with Crippen LogP contribution in [0.5, 0.6) is 0 Å². The van der Waals surface area contributed by atoms with Crippen LogP contribution in [0.4, 0.5) is 0 Å². The molecule has 1 aliphatic heterocycles. The second-order valence-electron chi connectivity index (χ2n) is 9.14. The molecule has 1 N–H and O–H groups in total. The third kappa shape index (κ3) is 6.70. The van der Waals surface area contributed by atoms with E-state index >= 15 is 0 Å². The summed E-state index contributed by atoms with van der Waals surface area (Å²) in [6.07, 6.45) is 3.93. The van der Waals surface area contributed by atoms with Gasteiger partial charge in [0.05, 0.1) is 5.52 Å². The molecule has 181 valence electrons. The van der Waals surface area contributed by atoms with Crippen LogP contribution in [0, 0.1) is 6.54 Å². The summed E-state index contributed by atoms with van der Waals surface area (Å²) in [6.45, 7) is 4.11. The Balaban J connectivity index is 0.00000304. The van der Waals surface area contributed by atoms with Gasteiger partial charge in [-0.25, -0.2) is 0 Å². The first-order chi connectivity index (χ1) is 17.1. The molecule has 7 heteroatoms. The molecule has 4 aromatic rings. The number of nitrogens with one attached hydrogen (secondary N) is 1. The molecule has 3 aromatic carbocycles. The van der Waals surface area contributed by atoms with Crippen LogP contribution in [0.2, 0.25) is 0 Å². The standard InChI is InChI=1S/C29H29N4O2.Y/c34-28(31-25-13-15-32(16-14-25)19-23-9-5-2-6-10-23)20-33-21-30-27-12-11-24(18-26(27)29(33)35)17-22-7-3-1-4-8-22;/h1-12,18,20-21,25H,13-17,19H2,(H,31,34);/q-1;. The van der Waals surface area contributed by atoms with E-state index in [-0.39, 0.29) is 50.2 Å². The summed E-state index contributed by atoms with van der Waals surface area (Å²) in [5, 5.41) is 3.58. The maximum atomic E-state index is 13.1. The molecule has 2 heterocycles. The number of carbonyl (C=O) groups is 1. The smallest absolute Gasteiger partial charge is 0.205 e. The number of hydrogen-bond acceptors (Lipinski definition) is 4. The van der Waals surface area contributed by atoms with E-state index in [0.29, 0.717) is 10.9 Å². The third-order valence-corrected chi connectivity index (χ3v) is 6.54. The van der Waals surface area contributed by atoms with E-state index in [0.717, 1.165) is 44.5 Å². The van der Waals surface area contributed by atoms with Crippen LogP contribution in [0.25, 0.3) is 10.9 Å². The van der Waals surface area contributed by atoms with Crippen molar-refractivity contribution in [3.8, 4) is 0 Å². The van der Waals surface area contributed by atoms with E-state index in [9.17, 15) is 9.59 Å². The van der Waals surface area contributed by atoms with E-state index in [1.165, 1.54) is 28.6 Å². The average Bonchev–Trinajstić information content (AvgIpc) is 2.88. The second kappa shape index (κ2) is 12.4. The van der Waals surface area contributed by atoms with Crippen LogP contribution < -0.4 is 10.9 Å². The number of benzene rings is 3. The topological polar surface area (TPSA) is 67.2 Å². The summed E-state index contributed by atoms with van der Waals surface area (Å²) in [7, 11) is 0. The van der Waals surface area contributed by atoms with Gasteiger partial charge in [0.25, 0.3) is 0 Å². The Morgan fingerprint density at radius 1 is 0.917 bits per heavy atom.